The smallest absolute Gasteiger partial charge is 0.330 e. The summed E-state index contributed by atoms with van der Waals surface area (Å²) in [5.74, 6) is 0.0493. The van der Waals surface area contributed by atoms with Gasteiger partial charge >= 0.3 is 6.18 Å². The van der Waals surface area contributed by atoms with Gasteiger partial charge in [0.05, 0.1) is 6.42 Å². The number of alkyl halides is 3. The van der Waals surface area contributed by atoms with Crippen LogP contribution in [0.4, 0.5) is 13.2 Å². The molecule has 3 N–H and O–H groups in total. The largest absolute Gasteiger partial charge is 0.389 e. The van der Waals surface area contributed by atoms with Gasteiger partial charge in [-0.1, -0.05) is 0 Å². The Morgan fingerprint density at radius 3 is 2.62 bits per heavy atom. The highest BCUT2D eigenvalue weighted by molar-refractivity contribution is 5.03. The number of hydrogen-bond donors (Lipinski definition) is 2. The normalized spacial score (nSPS) is 11.8. The molecule has 7 heteroatoms. The number of halogens is 3. The summed E-state index contributed by atoms with van der Waals surface area (Å²) in [6, 6.07) is 1.24. The van der Waals surface area contributed by atoms with Gasteiger partial charge < -0.3 is 10.7 Å². The summed E-state index contributed by atoms with van der Waals surface area (Å²) in [5.41, 5.74) is 5.24. The number of aromatic amines is 1. The molecule has 1 aromatic rings. The molecule has 0 saturated heterocycles. The van der Waals surface area contributed by atoms with E-state index >= 15 is 0 Å². The van der Waals surface area contributed by atoms with Crippen LogP contribution in [0.3, 0.4) is 0 Å². The first kappa shape index (κ1) is 12.7. The molecule has 0 spiro atoms. The SMILES string of the molecule is NCCc1cc(=O)[nH]c(CCC(F)(F)F)n1. The predicted octanol–water partition coefficient (Wildman–Crippen LogP) is 0.766. The van der Waals surface area contributed by atoms with E-state index in [4.69, 9.17) is 5.73 Å². The Balaban J connectivity index is 2.76. The number of nitrogens with two attached hydrogens (primary N) is 1. The molecule has 0 aliphatic rings. The van der Waals surface area contributed by atoms with Gasteiger partial charge in [-0.05, 0) is 6.54 Å². The zero-order valence-electron chi connectivity index (χ0n) is 8.47. The molecule has 1 heterocycles. The van der Waals surface area contributed by atoms with E-state index in [1.807, 2.05) is 0 Å². The van der Waals surface area contributed by atoms with Gasteiger partial charge in [-0.2, -0.15) is 13.2 Å². The number of rotatable bonds is 4. The van der Waals surface area contributed by atoms with Crippen LogP contribution >= 0.6 is 0 Å². The molecule has 1 rings (SSSR count). The van der Waals surface area contributed by atoms with Crippen molar-refractivity contribution < 1.29 is 13.2 Å². The molecule has 0 aliphatic carbocycles. The minimum atomic E-state index is -4.25. The maximum atomic E-state index is 12.0. The summed E-state index contributed by atoms with van der Waals surface area (Å²) < 4.78 is 35.9. The Kier molecular flexibility index (Phi) is 4.05. The molecule has 0 radical (unpaired) electrons. The molecule has 0 saturated carbocycles. The highest BCUT2D eigenvalue weighted by atomic mass is 19.4. The lowest BCUT2D eigenvalue weighted by Gasteiger charge is -2.06. The van der Waals surface area contributed by atoms with Gasteiger partial charge in [0.25, 0.3) is 5.56 Å². The summed E-state index contributed by atoms with van der Waals surface area (Å²) in [5, 5.41) is 0. The summed E-state index contributed by atoms with van der Waals surface area (Å²) >= 11 is 0. The number of aromatic nitrogens is 2. The summed E-state index contributed by atoms with van der Waals surface area (Å²) in [4.78, 5) is 17.3. The highest BCUT2D eigenvalue weighted by Gasteiger charge is 2.26. The molecule has 0 amide bonds. The van der Waals surface area contributed by atoms with Gasteiger partial charge in [0.15, 0.2) is 0 Å². The van der Waals surface area contributed by atoms with E-state index in [0.29, 0.717) is 18.7 Å². The quantitative estimate of drug-likeness (QED) is 0.809. The van der Waals surface area contributed by atoms with Crippen LogP contribution in [0.15, 0.2) is 10.9 Å². The Hall–Kier alpha value is -1.37. The van der Waals surface area contributed by atoms with Crippen molar-refractivity contribution in [2.24, 2.45) is 5.73 Å². The van der Waals surface area contributed by atoms with Crippen molar-refractivity contribution in [3.05, 3.63) is 27.9 Å². The van der Waals surface area contributed by atoms with Crippen LogP contribution in [0.5, 0.6) is 0 Å². The molecule has 90 valence electrons. The van der Waals surface area contributed by atoms with Crippen molar-refractivity contribution >= 4 is 0 Å². The molecular weight excluding hydrogens is 223 g/mol. The Morgan fingerprint density at radius 1 is 1.38 bits per heavy atom. The van der Waals surface area contributed by atoms with Crippen molar-refractivity contribution in [3.8, 4) is 0 Å². The Morgan fingerprint density at radius 2 is 2.06 bits per heavy atom. The summed E-state index contributed by atoms with van der Waals surface area (Å²) in [6.45, 7) is 0.301. The van der Waals surface area contributed by atoms with E-state index in [9.17, 15) is 18.0 Å². The summed E-state index contributed by atoms with van der Waals surface area (Å²) in [7, 11) is 0. The van der Waals surface area contributed by atoms with Crippen LogP contribution in [-0.4, -0.2) is 22.7 Å². The average Bonchev–Trinajstić information content (AvgIpc) is 2.13. The van der Waals surface area contributed by atoms with E-state index in [1.165, 1.54) is 6.07 Å². The lowest BCUT2D eigenvalue weighted by molar-refractivity contribution is -0.134. The molecule has 0 unspecified atom stereocenters. The monoisotopic (exact) mass is 235 g/mol. The van der Waals surface area contributed by atoms with Crippen molar-refractivity contribution in [2.45, 2.75) is 25.4 Å². The van der Waals surface area contributed by atoms with Crippen LogP contribution in [0.2, 0.25) is 0 Å². The molecule has 0 aliphatic heterocycles. The Bertz CT molecular complexity index is 400. The fourth-order valence-corrected chi connectivity index (χ4v) is 1.22. The molecule has 4 nitrogen and oxygen atoms in total. The number of hydrogen-bond acceptors (Lipinski definition) is 3. The lowest BCUT2D eigenvalue weighted by Crippen LogP contribution is -2.17. The van der Waals surface area contributed by atoms with Gasteiger partial charge in [0.2, 0.25) is 0 Å². The standard InChI is InChI=1S/C9H12F3N3O/c10-9(11,12)3-1-7-14-6(2-4-13)5-8(16)15-7/h5H,1-4,13H2,(H,14,15,16). The van der Waals surface area contributed by atoms with Crippen molar-refractivity contribution in [1.29, 1.82) is 0 Å². The topological polar surface area (TPSA) is 71.8 Å². The second-order valence-electron chi connectivity index (χ2n) is 3.34. The van der Waals surface area contributed by atoms with Crippen molar-refractivity contribution in [2.75, 3.05) is 6.54 Å². The number of nitrogens with zero attached hydrogens (tertiary/aromatic N) is 1. The first-order valence-corrected chi connectivity index (χ1v) is 4.76. The van der Waals surface area contributed by atoms with Crippen LogP contribution in [0, 0.1) is 0 Å². The van der Waals surface area contributed by atoms with Gasteiger partial charge in [0.1, 0.15) is 5.82 Å². The second-order valence-corrected chi connectivity index (χ2v) is 3.34. The highest BCUT2D eigenvalue weighted by Crippen LogP contribution is 2.20. The molecule has 0 atom stereocenters. The number of nitrogens with one attached hydrogen (secondary N) is 1. The third-order valence-corrected chi connectivity index (χ3v) is 1.89. The van der Waals surface area contributed by atoms with E-state index in [1.54, 1.807) is 0 Å². The Labute approximate surface area is 89.7 Å². The second kappa shape index (κ2) is 5.11. The maximum absolute atomic E-state index is 12.0. The summed E-state index contributed by atoms with van der Waals surface area (Å²) in [6.07, 6.45) is -5.19. The van der Waals surface area contributed by atoms with E-state index < -0.39 is 18.2 Å². The zero-order valence-corrected chi connectivity index (χ0v) is 8.47. The van der Waals surface area contributed by atoms with Crippen LogP contribution in [0.25, 0.3) is 0 Å². The van der Waals surface area contributed by atoms with E-state index in [2.05, 4.69) is 9.97 Å². The fourth-order valence-electron chi connectivity index (χ4n) is 1.22. The zero-order chi connectivity index (χ0) is 12.2. The van der Waals surface area contributed by atoms with Gasteiger partial charge in [-0.25, -0.2) is 4.98 Å². The lowest BCUT2D eigenvalue weighted by atomic mass is 10.2. The fraction of sp³-hybridized carbons (Fsp3) is 0.556. The molecule has 0 aromatic carbocycles. The predicted molar refractivity (Wildman–Crippen MR) is 52.0 cm³/mol. The average molecular weight is 235 g/mol. The van der Waals surface area contributed by atoms with E-state index in [-0.39, 0.29) is 12.2 Å². The van der Waals surface area contributed by atoms with Crippen LogP contribution in [0.1, 0.15) is 17.9 Å². The molecule has 0 bridgehead atoms. The third-order valence-electron chi connectivity index (χ3n) is 1.89. The van der Waals surface area contributed by atoms with Crippen LogP contribution in [-0.2, 0) is 12.8 Å². The van der Waals surface area contributed by atoms with Gasteiger partial charge in [-0.15, -0.1) is 0 Å². The van der Waals surface area contributed by atoms with Crippen molar-refractivity contribution in [3.63, 3.8) is 0 Å². The minimum Gasteiger partial charge on any atom is -0.330 e. The molecular formula is C9H12F3N3O. The molecule has 1 aromatic heterocycles. The first-order chi connectivity index (χ1) is 7.40. The van der Waals surface area contributed by atoms with Crippen LogP contribution < -0.4 is 11.3 Å². The number of H-pyrrole nitrogens is 1. The van der Waals surface area contributed by atoms with E-state index in [0.717, 1.165) is 0 Å². The van der Waals surface area contributed by atoms with Crippen molar-refractivity contribution in [1.82, 2.24) is 9.97 Å². The maximum Gasteiger partial charge on any atom is 0.389 e. The molecule has 16 heavy (non-hydrogen) atoms. The van der Waals surface area contributed by atoms with Gasteiger partial charge in [-0.3, -0.25) is 4.79 Å². The minimum absolute atomic E-state index is 0.0493. The molecule has 0 fully saturated rings. The number of aryl methyl sites for hydroxylation is 1. The first-order valence-electron chi connectivity index (χ1n) is 4.76. The van der Waals surface area contributed by atoms with Gasteiger partial charge in [0, 0.05) is 24.6 Å². The third kappa shape index (κ3) is 4.43.